The summed E-state index contributed by atoms with van der Waals surface area (Å²) in [5.74, 6) is 3.17. The zero-order valence-corrected chi connectivity index (χ0v) is 20.8. The van der Waals surface area contributed by atoms with Gasteiger partial charge in [-0.3, -0.25) is 4.99 Å². The van der Waals surface area contributed by atoms with Crippen molar-refractivity contribution in [1.82, 2.24) is 0 Å². The van der Waals surface area contributed by atoms with Gasteiger partial charge in [-0.25, -0.2) is 0 Å². The molecule has 1 aromatic carbocycles. The molecule has 0 amide bonds. The van der Waals surface area contributed by atoms with Gasteiger partial charge in [0.2, 0.25) is 0 Å². The number of phenolic OH excluding ortho intramolecular Hbond substituents is 1. The van der Waals surface area contributed by atoms with Crippen molar-refractivity contribution in [2.75, 3.05) is 0 Å². The van der Waals surface area contributed by atoms with Crippen LogP contribution in [0.3, 0.4) is 0 Å². The van der Waals surface area contributed by atoms with Crippen molar-refractivity contribution in [1.29, 1.82) is 0 Å². The molecule has 0 atom stereocenters. The molecule has 0 radical (unpaired) electrons. The Labute approximate surface area is 182 Å². The molecule has 27 heavy (non-hydrogen) atoms. The first kappa shape index (κ1) is 21.9. The molecule has 1 N–H and O–H groups in total. The van der Waals surface area contributed by atoms with E-state index in [4.69, 9.17) is 17.0 Å². The minimum absolute atomic E-state index is 0.114. The molecule has 0 aromatic heterocycles. The van der Waals surface area contributed by atoms with Crippen LogP contribution in [0.5, 0.6) is 5.75 Å². The van der Waals surface area contributed by atoms with Crippen LogP contribution in [-0.2, 0) is 26.3 Å². The molecule has 4 saturated carbocycles. The third-order valence-corrected chi connectivity index (χ3v) is 6.48. The standard InChI is InChI=1S/C22H31NO.2ClH.Zr/c1-14-5-18(13-23-21(2,3)4)20(24)19(6-14)22-10-15-7-16(11-22)9-17(8-15)12-22;;;/h5-6,13,15-17,24H,7-12H2,1-4H3;2*1H;/q;;;+2/p-2. The number of aromatic hydroxyl groups is 1. The van der Waals surface area contributed by atoms with E-state index in [-0.39, 0.29) is 11.0 Å². The summed E-state index contributed by atoms with van der Waals surface area (Å²) in [5.41, 5.74) is 3.48. The van der Waals surface area contributed by atoms with Crippen LogP contribution in [0.4, 0.5) is 0 Å². The Kier molecular flexibility index (Phi) is 6.87. The summed E-state index contributed by atoms with van der Waals surface area (Å²) in [7, 11) is 9.87. The molecule has 4 aliphatic rings. The zero-order valence-electron chi connectivity index (χ0n) is 16.9. The fraction of sp³-hybridized carbons (Fsp3) is 0.682. The number of hydrogen-bond acceptors (Lipinski definition) is 2. The van der Waals surface area contributed by atoms with Gasteiger partial charge in [-0.2, -0.15) is 0 Å². The van der Waals surface area contributed by atoms with Gasteiger partial charge in [0.05, 0.1) is 5.54 Å². The molecule has 4 bridgehead atoms. The van der Waals surface area contributed by atoms with Crippen LogP contribution in [-0.4, -0.2) is 16.9 Å². The van der Waals surface area contributed by atoms with E-state index in [1.54, 1.807) is 0 Å². The molecule has 0 saturated heterocycles. The van der Waals surface area contributed by atoms with E-state index >= 15 is 0 Å². The van der Waals surface area contributed by atoms with E-state index < -0.39 is 20.8 Å². The van der Waals surface area contributed by atoms with Gasteiger partial charge >= 0.3 is 37.9 Å². The van der Waals surface area contributed by atoms with Gasteiger partial charge in [0.15, 0.2) is 0 Å². The molecule has 2 nitrogen and oxygen atoms in total. The Morgan fingerprint density at radius 3 is 2.00 bits per heavy atom. The first-order chi connectivity index (χ1) is 12.7. The summed E-state index contributed by atoms with van der Waals surface area (Å²) >= 11 is -0.826. The number of nitrogens with zero attached hydrogens (tertiary/aromatic N) is 1. The number of benzene rings is 1. The van der Waals surface area contributed by atoms with Crippen molar-refractivity contribution in [3.05, 3.63) is 28.8 Å². The summed E-state index contributed by atoms with van der Waals surface area (Å²) in [4.78, 5) is 4.63. The van der Waals surface area contributed by atoms with Crippen LogP contribution >= 0.6 is 17.0 Å². The van der Waals surface area contributed by atoms with Crippen molar-refractivity contribution in [2.24, 2.45) is 22.7 Å². The fourth-order valence-corrected chi connectivity index (χ4v) is 6.01. The van der Waals surface area contributed by atoms with Gasteiger partial charge in [-0.05, 0) is 101 Å². The van der Waals surface area contributed by atoms with E-state index in [1.165, 1.54) is 49.7 Å². The van der Waals surface area contributed by atoms with Crippen molar-refractivity contribution < 1.29 is 26.0 Å². The number of halogens is 2. The number of rotatable bonds is 2. The summed E-state index contributed by atoms with van der Waals surface area (Å²) in [6.45, 7) is 8.43. The monoisotopic (exact) mass is 485 g/mol. The van der Waals surface area contributed by atoms with Gasteiger partial charge in [0.25, 0.3) is 0 Å². The minimum atomic E-state index is -0.826. The maximum atomic E-state index is 11.1. The van der Waals surface area contributed by atoms with Crippen LogP contribution in [0.1, 0.15) is 76.0 Å². The Bertz CT molecular complexity index is 676. The second-order valence-electron chi connectivity index (χ2n) is 9.95. The Morgan fingerprint density at radius 2 is 1.56 bits per heavy atom. The Hall–Kier alpha value is 0.153. The molecule has 148 valence electrons. The fourth-order valence-electron chi connectivity index (χ4n) is 6.01. The number of phenols is 1. The molecule has 0 unspecified atom stereocenters. The molecule has 0 spiro atoms. The predicted octanol–water partition coefficient (Wildman–Crippen LogP) is 6.76. The quantitative estimate of drug-likeness (QED) is 0.459. The molecule has 5 rings (SSSR count). The molecule has 0 heterocycles. The van der Waals surface area contributed by atoms with Crippen LogP contribution in [0.15, 0.2) is 17.1 Å². The molecule has 4 fully saturated rings. The van der Waals surface area contributed by atoms with Crippen LogP contribution in [0.2, 0.25) is 0 Å². The third-order valence-electron chi connectivity index (χ3n) is 6.48. The molecule has 0 aliphatic heterocycles. The first-order valence-corrected chi connectivity index (χ1v) is 16.3. The Morgan fingerprint density at radius 1 is 1.07 bits per heavy atom. The average Bonchev–Trinajstić information content (AvgIpc) is 2.54. The number of hydrogen-bond donors (Lipinski definition) is 1. The summed E-state index contributed by atoms with van der Waals surface area (Å²) in [6, 6.07) is 4.34. The van der Waals surface area contributed by atoms with Gasteiger partial charge in [0, 0.05) is 17.3 Å². The molecular formula is C22H31Cl2NOZr. The third kappa shape index (κ3) is 5.02. The van der Waals surface area contributed by atoms with Crippen molar-refractivity contribution in [2.45, 2.75) is 77.2 Å². The summed E-state index contributed by atoms with van der Waals surface area (Å²) in [5, 5.41) is 11.1. The van der Waals surface area contributed by atoms with Crippen molar-refractivity contribution >= 4 is 23.2 Å². The molecule has 5 heteroatoms. The zero-order chi connectivity index (χ0) is 19.8. The van der Waals surface area contributed by atoms with Gasteiger partial charge < -0.3 is 5.11 Å². The van der Waals surface area contributed by atoms with E-state index in [0.717, 1.165) is 23.3 Å². The van der Waals surface area contributed by atoms with E-state index in [0.29, 0.717) is 5.75 Å². The van der Waals surface area contributed by atoms with Crippen molar-refractivity contribution in [3.8, 4) is 5.75 Å². The summed E-state index contributed by atoms with van der Waals surface area (Å²) < 4.78 is 0. The van der Waals surface area contributed by atoms with E-state index in [2.05, 4.69) is 44.8 Å². The second-order valence-corrected chi connectivity index (χ2v) is 13.7. The van der Waals surface area contributed by atoms with E-state index in [1.807, 2.05) is 6.21 Å². The van der Waals surface area contributed by atoms with Gasteiger partial charge in [-0.1, -0.05) is 6.07 Å². The van der Waals surface area contributed by atoms with Gasteiger partial charge in [0.1, 0.15) is 5.75 Å². The van der Waals surface area contributed by atoms with Crippen LogP contribution in [0.25, 0.3) is 0 Å². The molecule has 1 aromatic rings. The van der Waals surface area contributed by atoms with Crippen LogP contribution < -0.4 is 0 Å². The second kappa shape index (κ2) is 8.49. The predicted molar refractivity (Wildman–Crippen MR) is 112 cm³/mol. The molecular weight excluding hydrogens is 456 g/mol. The van der Waals surface area contributed by atoms with Crippen molar-refractivity contribution in [3.63, 3.8) is 0 Å². The average molecular weight is 488 g/mol. The van der Waals surface area contributed by atoms with Crippen LogP contribution in [0, 0.1) is 24.7 Å². The normalized spacial score (nSPS) is 31.7. The topological polar surface area (TPSA) is 32.6 Å². The Balaban J connectivity index is 0.000000659. The number of aryl methyl sites for hydroxylation is 1. The molecule has 4 aliphatic carbocycles. The number of aliphatic imine (C=N–C) groups is 1. The SMILES string of the molecule is Cc1cc(C=NC(C)(C)C)c(O)c(C23CC4CC(CC(C4)C2)C3)c1.[Cl][Zr][Cl]. The van der Waals surface area contributed by atoms with E-state index in [9.17, 15) is 5.11 Å². The van der Waals surface area contributed by atoms with Gasteiger partial charge in [-0.15, -0.1) is 0 Å². The maximum absolute atomic E-state index is 11.1. The summed E-state index contributed by atoms with van der Waals surface area (Å²) in [6.07, 6.45) is 10.0. The first-order valence-electron chi connectivity index (χ1n) is 10.0.